The van der Waals surface area contributed by atoms with Crippen LogP contribution in [0.1, 0.15) is 12.1 Å². The molecule has 10 heteroatoms. The Balaban J connectivity index is 1.59. The molecule has 0 radical (unpaired) electrons. The largest absolute Gasteiger partial charge is 0.464 e. The summed E-state index contributed by atoms with van der Waals surface area (Å²) < 4.78 is 27.6. The zero-order valence-corrected chi connectivity index (χ0v) is 16.3. The van der Waals surface area contributed by atoms with Crippen LogP contribution in [0.3, 0.4) is 0 Å². The highest BCUT2D eigenvalue weighted by Crippen LogP contribution is 2.20. The van der Waals surface area contributed by atoms with Crippen LogP contribution in [0.25, 0.3) is 11.0 Å². The van der Waals surface area contributed by atoms with Gasteiger partial charge >= 0.3 is 6.03 Å². The standard InChI is InChI=1S/C18H21N5O4S/c1-12-10-16(19-7-3-9-28(2,25)26)22-17(20-12)23-18(24)21-14-4-5-15-13(11-14)6-8-27-15/h4-6,8,10-11H,3,7,9H2,1-2H3,(H3,19,20,21,22,23,24). The lowest BCUT2D eigenvalue weighted by Crippen LogP contribution is -2.21. The number of aromatic nitrogens is 2. The van der Waals surface area contributed by atoms with Crippen LogP contribution in [0.5, 0.6) is 0 Å². The summed E-state index contributed by atoms with van der Waals surface area (Å²) in [6.45, 7) is 2.22. The maximum atomic E-state index is 12.2. The molecule has 3 aromatic rings. The van der Waals surface area contributed by atoms with Gasteiger partial charge in [0.1, 0.15) is 21.2 Å². The summed E-state index contributed by atoms with van der Waals surface area (Å²) in [7, 11) is -2.99. The number of carbonyl (C=O) groups is 1. The van der Waals surface area contributed by atoms with E-state index in [0.717, 1.165) is 11.0 Å². The van der Waals surface area contributed by atoms with Gasteiger partial charge in [-0.2, -0.15) is 4.98 Å². The third-order valence-electron chi connectivity index (χ3n) is 3.79. The minimum Gasteiger partial charge on any atom is -0.464 e. The second-order valence-corrected chi connectivity index (χ2v) is 8.64. The molecule has 148 valence electrons. The molecule has 0 unspecified atom stereocenters. The van der Waals surface area contributed by atoms with Crippen LogP contribution >= 0.6 is 0 Å². The molecule has 0 spiro atoms. The Morgan fingerprint density at radius 2 is 1.96 bits per heavy atom. The average Bonchev–Trinajstić information content (AvgIpc) is 3.05. The first-order valence-corrected chi connectivity index (χ1v) is 10.7. The van der Waals surface area contributed by atoms with Gasteiger partial charge in [0.05, 0.1) is 12.0 Å². The third kappa shape index (κ3) is 5.68. The summed E-state index contributed by atoms with van der Waals surface area (Å²) >= 11 is 0. The number of amides is 2. The molecule has 0 fully saturated rings. The van der Waals surface area contributed by atoms with Crippen molar-refractivity contribution in [2.24, 2.45) is 0 Å². The van der Waals surface area contributed by atoms with Gasteiger partial charge in [-0.3, -0.25) is 5.32 Å². The van der Waals surface area contributed by atoms with E-state index in [0.29, 0.717) is 30.2 Å². The Morgan fingerprint density at radius 3 is 2.75 bits per heavy atom. The number of carbonyl (C=O) groups excluding carboxylic acids is 1. The van der Waals surface area contributed by atoms with Gasteiger partial charge in [0.2, 0.25) is 5.95 Å². The molecule has 0 atom stereocenters. The highest BCUT2D eigenvalue weighted by molar-refractivity contribution is 7.90. The number of benzene rings is 1. The Kier molecular flexibility index (Phi) is 5.78. The SMILES string of the molecule is Cc1cc(NCCCS(C)(=O)=O)nc(NC(=O)Nc2ccc3occc3c2)n1. The van der Waals surface area contributed by atoms with Crippen molar-refractivity contribution < 1.29 is 17.6 Å². The van der Waals surface area contributed by atoms with Crippen molar-refractivity contribution in [3.05, 3.63) is 42.3 Å². The van der Waals surface area contributed by atoms with Gasteiger partial charge < -0.3 is 15.1 Å². The number of anilines is 3. The minimum atomic E-state index is -2.99. The number of furan rings is 1. The molecule has 0 saturated heterocycles. The predicted molar refractivity (Wildman–Crippen MR) is 108 cm³/mol. The minimum absolute atomic E-state index is 0.0958. The number of aryl methyl sites for hydroxylation is 1. The van der Waals surface area contributed by atoms with Crippen LogP contribution < -0.4 is 16.0 Å². The first-order chi connectivity index (χ1) is 13.3. The maximum Gasteiger partial charge on any atom is 0.326 e. The van der Waals surface area contributed by atoms with Crippen molar-refractivity contribution in [1.29, 1.82) is 0 Å². The molecule has 0 aliphatic rings. The van der Waals surface area contributed by atoms with Crippen LogP contribution in [-0.4, -0.2) is 43.0 Å². The number of nitrogens with zero attached hydrogens (tertiary/aromatic N) is 2. The number of hydrogen-bond donors (Lipinski definition) is 3. The topological polar surface area (TPSA) is 126 Å². The van der Waals surface area contributed by atoms with Gasteiger partial charge in [-0.05, 0) is 37.6 Å². The van der Waals surface area contributed by atoms with Crippen molar-refractivity contribution in [3.8, 4) is 0 Å². The fourth-order valence-corrected chi connectivity index (χ4v) is 3.24. The quantitative estimate of drug-likeness (QED) is 0.518. The first kappa shape index (κ1) is 19.6. The van der Waals surface area contributed by atoms with E-state index in [1.807, 2.05) is 6.07 Å². The van der Waals surface area contributed by atoms with E-state index < -0.39 is 15.9 Å². The number of fused-ring (bicyclic) bond motifs is 1. The van der Waals surface area contributed by atoms with E-state index in [9.17, 15) is 13.2 Å². The van der Waals surface area contributed by atoms with Crippen LogP contribution in [-0.2, 0) is 9.84 Å². The van der Waals surface area contributed by atoms with Gasteiger partial charge in [-0.25, -0.2) is 18.2 Å². The molecule has 0 aliphatic carbocycles. The maximum absolute atomic E-state index is 12.2. The van der Waals surface area contributed by atoms with Crippen molar-refractivity contribution >= 4 is 44.3 Å². The fraction of sp³-hybridized carbons (Fsp3) is 0.278. The summed E-state index contributed by atoms with van der Waals surface area (Å²) in [5.74, 6) is 0.752. The summed E-state index contributed by atoms with van der Waals surface area (Å²) in [5.41, 5.74) is 2.01. The van der Waals surface area contributed by atoms with Crippen LogP contribution in [0.2, 0.25) is 0 Å². The van der Waals surface area contributed by atoms with Crippen molar-refractivity contribution in [3.63, 3.8) is 0 Å². The summed E-state index contributed by atoms with van der Waals surface area (Å²) in [6.07, 6.45) is 3.24. The van der Waals surface area contributed by atoms with E-state index in [2.05, 4.69) is 25.9 Å². The van der Waals surface area contributed by atoms with Gasteiger partial charge in [0.15, 0.2) is 0 Å². The Morgan fingerprint density at radius 1 is 1.14 bits per heavy atom. The van der Waals surface area contributed by atoms with Gasteiger partial charge in [-0.15, -0.1) is 0 Å². The second kappa shape index (κ2) is 8.26. The summed E-state index contributed by atoms with van der Waals surface area (Å²) in [5, 5.41) is 9.24. The number of sulfone groups is 1. The zero-order valence-electron chi connectivity index (χ0n) is 15.5. The normalized spacial score (nSPS) is 11.4. The third-order valence-corrected chi connectivity index (χ3v) is 4.82. The Labute approximate surface area is 162 Å². The van der Waals surface area contributed by atoms with E-state index in [-0.39, 0.29) is 11.7 Å². The number of hydrogen-bond acceptors (Lipinski definition) is 7. The summed E-state index contributed by atoms with van der Waals surface area (Å²) in [4.78, 5) is 20.7. The van der Waals surface area contributed by atoms with E-state index in [4.69, 9.17) is 4.42 Å². The van der Waals surface area contributed by atoms with Crippen LogP contribution in [0.4, 0.5) is 22.2 Å². The molecule has 0 saturated carbocycles. The molecule has 2 aromatic heterocycles. The second-order valence-electron chi connectivity index (χ2n) is 6.38. The lowest BCUT2D eigenvalue weighted by Gasteiger charge is -2.10. The molecule has 28 heavy (non-hydrogen) atoms. The molecule has 9 nitrogen and oxygen atoms in total. The Bertz CT molecular complexity index is 1090. The van der Waals surface area contributed by atoms with Gasteiger partial charge in [0, 0.05) is 35.6 Å². The molecule has 0 aliphatic heterocycles. The monoisotopic (exact) mass is 403 g/mol. The van der Waals surface area contributed by atoms with Crippen molar-refractivity contribution in [1.82, 2.24) is 9.97 Å². The van der Waals surface area contributed by atoms with Gasteiger partial charge in [-0.1, -0.05) is 0 Å². The zero-order chi connectivity index (χ0) is 20.1. The van der Waals surface area contributed by atoms with Crippen LogP contribution in [0, 0.1) is 6.92 Å². The van der Waals surface area contributed by atoms with Crippen molar-refractivity contribution in [2.75, 3.05) is 34.5 Å². The molecular weight excluding hydrogens is 382 g/mol. The molecule has 2 amide bonds. The number of nitrogens with one attached hydrogen (secondary N) is 3. The highest BCUT2D eigenvalue weighted by Gasteiger charge is 2.09. The lowest BCUT2D eigenvalue weighted by atomic mass is 10.2. The molecule has 3 rings (SSSR count). The molecule has 1 aromatic carbocycles. The molecule has 2 heterocycles. The van der Waals surface area contributed by atoms with E-state index in [1.165, 1.54) is 6.26 Å². The first-order valence-electron chi connectivity index (χ1n) is 8.61. The predicted octanol–water partition coefficient (Wildman–Crippen LogP) is 3.02. The average molecular weight is 403 g/mol. The fourth-order valence-electron chi connectivity index (χ4n) is 2.57. The number of urea groups is 1. The van der Waals surface area contributed by atoms with Crippen molar-refractivity contribution in [2.45, 2.75) is 13.3 Å². The van der Waals surface area contributed by atoms with Crippen LogP contribution in [0.15, 0.2) is 41.0 Å². The number of rotatable bonds is 7. The van der Waals surface area contributed by atoms with Gasteiger partial charge in [0.25, 0.3) is 0 Å². The smallest absolute Gasteiger partial charge is 0.326 e. The highest BCUT2D eigenvalue weighted by atomic mass is 32.2. The molecule has 0 bridgehead atoms. The lowest BCUT2D eigenvalue weighted by molar-refractivity contribution is 0.262. The van der Waals surface area contributed by atoms with E-state index in [1.54, 1.807) is 37.5 Å². The molecular formula is C18H21N5O4S. The van der Waals surface area contributed by atoms with E-state index >= 15 is 0 Å². The summed E-state index contributed by atoms with van der Waals surface area (Å²) in [6, 6.07) is 8.35. The molecule has 3 N–H and O–H groups in total. The Hall–Kier alpha value is -3.14.